The van der Waals surface area contributed by atoms with Gasteiger partial charge in [-0.05, 0) is 22.6 Å². The fourth-order valence-corrected chi connectivity index (χ4v) is 1.57. The molecule has 1 atom stereocenters. The molecular formula is C11H11N5O2. The molecule has 1 amide bonds. The Morgan fingerprint density at radius 3 is 2.94 bits per heavy atom. The van der Waals surface area contributed by atoms with E-state index in [0.717, 1.165) is 5.69 Å². The van der Waals surface area contributed by atoms with Crippen LogP contribution in [0.25, 0.3) is 5.69 Å². The van der Waals surface area contributed by atoms with Gasteiger partial charge in [0.25, 0.3) is 5.91 Å². The number of amides is 1. The number of epoxide rings is 1. The molecule has 2 aromatic rings. The summed E-state index contributed by atoms with van der Waals surface area (Å²) in [5, 5.41) is 14.1. The van der Waals surface area contributed by atoms with Gasteiger partial charge in [-0.25, -0.2) is 0 Å². The molecule has 1 unspecified atom stereocenters. The number of carbonyl (C=O) groups is 1. The number of nitrogens with one attached hydrogen (secondary N) is 1. The summed E-state index contributed by atoms with van der Waals surface area (Å²) in [6, 6.07) is 9.51. The third-order valence-electron chi connectivity index (χ3n) is 2.58. The minimum absolute atomic E-state index is 0.127. The van der Waals surface area contributed by atoms with E-state index in [2.05, 4.69) is 20.8 Å². The van der Waals surface area contributed by atoms with Crippen molar-refractivity contribution >= 4 is 5.91 Å². The predicted molar refractivity (Wildman–Crippen MR) is 60.7 cm³/mol. The summed E-state index contributed by atoms with van der Waals surface area (Å²) < 4.78 is 6.48. The quantitative estimate of drug-likeness (QED) is 0.746. The van der Waals surface area contributed by atoms with Crippen LogP contribution >= 0.6 is 0 Å². The summed E-state index contributed by atoms with van der Waals surface area (Å²) in [6.07, 6.45) is -0.300. The van der Waals surface area contributed by atoms with Gasteiger partial charge < -0.3 is 10.1 Å². The standard InChI is InChI=1S/C11H11N5O2/c17-11(9-7-18-9)12-6-10-13-14-15-16(10)8-4-2-1-3-5-8/h1-5,9H,6-7H2,(H,12,17). The summed E-state index contributed by atoms with van der Waals surface area (Å²) in [5.41, 5.74) is 0.856. The Kier molecular flexibility index (Phi) is 2.73. The highest BCUT2D eigenvalue weighted by molar-refractivity contribution is 5.82. The number of hydrogen-bond donors (Lipinski definition) is 1. The SMILES string of the molecule is O=C(NCc1nnnn1-c1ccccc1)C1CO1. The molecule has 1 fully saturated rings. The number of nitrogens with zero attached hydrogens (tertiary/aromatic N) is 4. The van der Waals surface area contributed by atoms with E-state index in [1.807, 2.05) is 30.3 Å². The Labute approximate surface area is 103 Å². The van der Waals surface area contributed by atoms with E-state index < -0.39 is 0 Å². The van der Waals surface area contributed by atoms with E-state index in [4.69, 9.17) is 4.74 Å². The second-order valence-electron chi connectivity index (χ2n) is 3.88. The van der Waals surface area contributed by atoms with E-state index >= 15 is 0 Å². The summed E-state index contributed by atoms with van der Waals surface area (Å²) >= 11 is 0. The average Bonchev–Trinajstić information content (AvgIpc) is 3.16. The number of tetrazole rings is 1. The third kappa shape index (κ3) is 2.21. The summed E-state index contributed by atoms with van der Waals surface area (Å²) in [6.45, 7) is 0.774. The normalized spacial score (nSPS) is 17.4. The fraction of sp³-hybridized carbons (Fsp3) is 0.273. The Balaban J connectivity index is 1.73. The van der Waals surface area contributed by atoms with Crippen LogP contribution in [-0.2, 0) is 16.1 Å². The zero-order valence-electron chi connectivity index (χ0n) is 9.48. The largest absolute Gasteiger partial charge is 0.363 e. The van der Waals surface area contributed by atoms with Gasteiger partial charge in [0.05, 0.1) is 18.8 Å². The van der Waals surface area contributed by atoms with Gasteiger partial charge in [0, 0.05) is 0 Å². The van der Waals surface area contributed by atoms with Gasteiger partial charge >= 0.3 is 0 Å². The minimum atomic E-state index is -0.300. The molecule has 0 radical (unpaired) electrons. The number of para-hydroxylation sites is 1. The zero-order chi connectivity index (χ0) is 12.4. The smallest absolute Gasteiger partial charge is 0.251 e. The number of rotatable bonds is 4. The maximum Gasteiger partial charge on any atom is 0.251 e. The van der Waals surface area contributed by atoms with Gasteiger partial charge in [-0.2, -0.15) is 4.68 Å². The van der Waals surface area contributed by atoms with Crippen molar-refractivity contribution in [1.29, 1.82) is 0 Å². The minimum Gasteiger partial charge on any atom is -0.363 e. The summed E-state index contributed by atoms with van der Waals surface area (Å²) in [4.78, 5) is 11.4. The molecule has 7 nitrogen and oxygen atoms in total. The van der Waals surface area contributed by atoms with Crippen LogP contribution in [-0.4, -0.2) is 38.8 Å². The zero-order valence-corrected chi connectivity index (χ0v) is 9.48. The van der Waals surface area contributed by atoms with Crippen LogP contribution in [0.5, 0.6) is 0 Å². The monoisotopic (exact) mass is 245 g/mol. The molecule has 0 bridgehead atoms. The van der Waals surface area contributed by atoms with Gasteiger partial charge in [0.1, 0.15) is 0 Å². The number of carbonyl (C=O) groups excluding carboxylic acids is 1. The van der Waals surface area contributed by atoms with Gasteiger partial charge in [-0.1, -0.05) is 18.2 Å². The van der Waals surface area contributed by atoms with Gasteiger partial charge in [-0.15, -0.1) is 5.10 Å². The number of hydrogen-bond acceptors (Lipinski definition) is 5. The van der Waals surface area contributed by atoms with Crippen LogP contribution in [0, 0.1) is 0 Å². The van der Waals surface area contributed by atoms with Crippen LogP contribution in [0.3, 0.4) is 0 Å². The molecule has 1 aromatic carbocycles. The molecule has 0 spiro atoms. The molecule has 1 saturated heterocycles. The van der Waals surface area contributed by atoms with E-state index in [9.17, 15) is 4.79 Å². The Hall–Kier alpha value is -2.28. The second-order valence-corrected chi connectivity index (χ2v) is 3.88. The first-order valence-corrected chi connectivity index (χ1v) is 5.56. The molecule has 7 heteroatoms. The first-order chi connectivity index (χ1) is 8.84. The molecule has 92 valence electrons. The van der Waals surface area contributed by atoms with Gasteiger partial charge in [-0.3, -0.25) is 4.79 Å². The average molecular weight is 245 g/mol. The van der Waals surface area contributed by atoms with Gasteiger partial charge in [0.15, 0.2) is 11.9 Å². The maximum absolute atomic E-state index is 11.4. The number of aromatic nitrogens is 4. The van der Waals surface area contributed by atoms with Crippen molar-refractivity contribution in [3.05, 3.63) is 36.2 Å². The number of benzene rings is 1. The molecule has 0 aliphatic carbocycles. The van der Waals surface area contributed by atoms with Crippen LogP contribution in [0.2, 0.25) is 0 Å². The molecule has 1 aliphatic rings. The van der Waals surface area contributed by atoms with E-state index in [1.165, 1.54) is 0 Å². The van der Waals surface area contributed by atoms with Crippen LogP contribution in [0.1, 0.15) is 5.82 Å². The number of ether oxygens (including phenoxy) is 1. The van der Waals surface area contributed by atoms with E-state index in [1.54, 1.807) is 4.68 Å². The molecular weight excluding hydrogens is 234 g/mol. The van der Waals surface area contributed by atoms with Crippen molar-refractivity contribution in [2.75, 3.05) is 6.61 Å². The maximum atomic E-state index is 11.4. The molecule has 2 heterocycles. The molecule has 1 aliphatic heterocycles. The predicted octanol–water partition coefficient (Wildman–Crippen LogP) is -0.323. The Morgan fingerprint density at radius 1 is 1.44 bits per heavy atom. The molecule has 1 N–H and O–H groups in total. The van der Waals surface area contributed by atoms with Gasteiger partial charge in [0.2, 0.25) is 0 Å². The molecule has 1 aromatic heterocycles. The first-order valence-electron chi connectivity index (χ1n) is 5.56. The highest BCUT2D eigenvalue weighted by Gasteiger charge is 2.31. The molecule has 3 rings (SSSR count). The molecule has 0 saturated carbocycles. The third-order valence-corrected chi connectivity index (χ3v) is 2.58. The van der Waals surface area contributed by atoms with Crippen LogP contribution in [0.4, 0.5) is 0 Å². The Morgan fingerprint density at radius 2 is 2.22 bits per heavy atom. The van der Waals surface area contributed by atoms with E-state index in [0.29, 0.717) is 12.4 Å². The van der Waals surface area contributed by atoms with Crippen molar-refractivity contribution in [2.45, 2.75) is 12.6 Å². The van der Waals surface area contributed by atoms with E-state index in [-0.39, 0.29) is 18.6 Å². The van der Waals surface area contributed by atoms with Crippen molar-refractivity contribution < 1.29 is 9.53 Å². The van der Waals surface area contributed by atoms with Crippen molar-refractivity contribution in [1.82, 2.24) is 25.5 Å². The molecule has 18 heavy (non-hydrogen) atoms. The topological polar surface area (TPSA) is 85.2 Å². The van der Waals surface area contributed by atoms with Crippen molar-refractivity contribution in [3.63, 3.8) is 0 Å². The highest BCUT2D eigenvalue weighted by Crippen LogP contribution is 2.09. The lowest BCUT2D eigenvalue weighted by Gasteiger charge is -2.04. The lowest BCUT2D eigenvalue weighted by molar-refractivity contribution is -0.122. The lowest BCUT2D eigenvalue weighted by Crippen LogP contribution is -2.28. The summed E-state index contributed by atoms with van der Waals surface area (Å²) in [7, 11) is 0. The first kappa shape index (κ1) is 10.8. The fourth-order valence-electron chi connectivity index (χ4n) is 1.57. The summed E-state index contributed by atoms with van der Waals surface area (Å²) in [5.74, 6) is 0.452. The highest BCUT2D eigenvalue weighted by atomic mass is 16.6. The van der Waals surface area contributed by atoms with Crippen molar-refractivity contribution in [2.24, 2.45) is 0 Å². The van der Waals surface area contributed by atoms with Crippen LogP contribution < -0.4 is 5.32 Å². The second kappa shape index (κ2) is 4.53. The van der Waals surface area contributed by atoms with Crippen LogP contribution in [0.15, 0.2) is 30.3 Å². The lowest BCUT2D eigenvalue weighted by atomic mass is 10.3. The Bertz CT molecular complexity index is 550. The van der Waals surface area contributed by atoms with Crippen molar-refractivity contribution in [3.8, 4) is 5.69 Å².